The first kappa shape index (κ1) is 16.6. The van der Waals surface area contributed by atoms with Gasteiger partial charge in [0, 0.05) is 20.1 Å². The fourth-order valence-corrected chi connectivity index (χ4v) is 3.91. The summed E-state index contributed by atoms with van der Waals surface area (Å²) in [5.74, 6) is -0.0333. The first-order chi connectivity index (χ1) is 12.4. The molecule has 6 heteroatoms. The maximum Gasteiger partial charge on any atom is 0.276 e. The van der Waals surface area contributed by atoms with Gasteiger partial charge in [-0.3, -0.25) is 9.59 Å². The molecule has 2 aromatic heterocycles. The fraction of sp³-hybridized carbons (Fsp3) is 0.350. The Labute approximate surface area is 151 Å². The number of hydrogen-bond acceptors (Lipinski definition) is 3. The number of nitrogens with zero attached hydrogens (tertiary/aromatic N) is 4. The zero-order valence-electron chi connectivity index (χ0n) is 15.5. The van der Waals surface area contributed by atoms with Crippen molar-refractivity contribution in [1.29, 1.82) is 0 Å². The van der Waals surface area contributed by atoms with Crippen LogP contribution in [0.25, 0.3) is 10.9 Å². The van der Waals surface area contributed by atoms with Gasteiger partial charge in [-0.2, -0.15) is 5.10 Å². The van der Waals surface area contributed by atoms with E-state index in [4.69, 9.17) is 0 Å². The highest BCUT2D eigenvalue weighted by Gasteiger charge is 2.29. The van der Waals surface area contributed by atoms with Crippen LogP contribution in [0.4, 0.5) is 0 Å². The molecule has 3 aromatic rings. The number of fused-ring (bicyclic) bond motifs is 3. The van der Waals surface area contributed by atoms with Crippen molar-refractivity contribution in [1.82, 2.24) is 19.2 Å². The molecular weight excluding hydrogens is 328 g/mol. The first-order valence-electron chi connectivity index (χ1n) is 8.80. The molecule has 1 aliphatic heterocycles. The quantitative estimate of drug-likeness (QED) is 0.712. The predicted octanol–water partition coefficient (Wildman–Crippen LogP) is 2.26. The van der Waals surface area contributed by atoms with Gasteiger partial charge in [0.2, 0.25) is 0 Å². The molecule has 0 aliphatic carbocycles. The van der Waals surface area contributed by atoms with Crippen molar-refractivity contribution in [2.45, 2.75) is 33.9 Å². The Hall–Kier alpha value is -2.89. The zero-order valence-corrected chi connectivity index (χ0v) is 15.5. The van der Waals surface area contributed by atoms with Gasteiger partial charge in [-0.05, 0) is 31.9 Å². The third-order valence-corrected chi connectivity index (χ3v) is 5.19. The molecule has 4 rings (SSSR count). The molecule has 1 aromatic carbocycles. The van der Waals surface area contributed by atoms with Gasteiger partial charge in [0.15, 0.2) is 0 Å². The summed E-state index contributed by atoms with van der Waals surface area (Å²) in [6, 6.07) is 8.07. The molecule has 0 N–H and O–H groups in total. The van der Waals surface area contributed by atoms with E-state index in [0.717, 1.165) is 27.9 Å². The Morgan fingerprint density at radius 1 is 1.12 bits per heavy atom. The van der Waals surface area contributed by atoms with Gasteiger partial charge >= 0.3 is 0 Å². The van der Waals surface area contributed by atoms with Gasteiger partial charge in [0.05, 0.1) is 23.1 Å². The van der Waals surface area contributed by atoms with E-state index < -0.39 is 0 Å². The van der Waals surface area contributed by atoms with E-state index >= 15 is 0 Å². The number of aromatic nitrogens is 3. The maximum atomic E-state index is 13.2. The molecule has 0 fully saturated rings. The van der Waals surface area contributed by atoms with Crippen molar-refractivity contribution in [2.24, 2.45) is 0 Å². The zero-order chi connectivity index (χ0) is 18.6. The third kappa shape index (κ3) is 2.36. The van der Waals surface area contributed by atoms with Gasteiger partial charge in [0.25, 0.3) is 11.5 Å². The van der Waals surface area contributed by atoms with Crippen molar-refractivity contribution in [2.75, 3.05) is 13.6 Å². The molecule has 26 heavy (non-hydrogen) atoms. The SMILES string of the molecule is Cc1cccc(Cn2nc(C)c3c(c(C)c4n3CCN(C)C4=O)c2=O)c1. The Morgan fingerprint density at radius 3 is 2.62 bits per heavy atom. The molecule has 0 unspecified atom stereocenters. The number of carbonyl (C=O) groups excluding carboxylic acids is 1. The number of hydrogen-bond donors (Lipinski definition) is 0. The average molecular weight is 350 g/mol. The Kier molecular flexibility index (Phi) is 3.72. The highest BCUT2D eigenvalue weighted by molar-refractivity contribution is 6.02. The largest absolute Gasteiger partial charge is 0.339 e. The third-order valence-electron chi connectivity index (χ3n) is 5.19. The average Bonchev–Trinajstić information content (AvgIpc) is 2.90. The second kappa shape index (κ2) is 5.83. The number of likely N-dealkylation sites (N-methyl/N-ethyl adjacent to an activating group) is 1. The summed E-state index contributed by atoms with van der Waals surface area (Å²) in [4.78, 5) is 27.5. The molecule has 0 atom stereocenters. The van der Waals surface area contributed by atoms with E-state index in [0.29, 0.717) is 30.7 Å². The second-order valence-electron chi connectivity index (χ2n) is 7.11. The van der Waals surface area contributed by atoms with Gasteiger partial charge in [-0.25, -0.2) is 4.68 Å². The maximum absolute atomic E-state index is 13.2. The summed E-state index contributed by atoms with van der Waals surface area (Å²) in [6.07, 6.45) is 0. The lowest BCUT2D eigenvalue weighted by molar-refractivity contribution is 0.0750. The van der Waals surface area contributed by atoms with E-state index in [-0.39, 0.29) is 11.5 Å². The van der Waals surface area contributed by atoms with E-state index in [9.17, 15) is 9.59 Å². The van der Waals surface area contributed by atoms with Crippen LogP contribution < -0.4 is 5.56 Å². The molecule has 0 saturated heterocycles. The summed E-state index contributed by atoms with van der Waals surface area (Å²) in [5, 5.41) is 5.16. The van der Waals surface area contributed by atoms with Crippen LogP contribution in [-0.2, 0) is 13.1 Å². The molecule has 1 amide bonds. The summed E-state index contributed by atoms with van der Waals surface area (Å²) in [5.41, 5.74) is 4.99. The molecule has 0 bridgehead atoms. The normalized spacial score (nSPS) is 14.2. The van der Waals surface area contributed by atoms with Crippen LogP contribution in [-0.4, -0.2) is 38.7 Å². The fourth-order valence-electron chi connectivity index (χ4n) is 3.91. The Balaban J connectivity index is 1.94. The van der Waals surface area contributed by atoms with E-state index in [1.54, 1.807) is 11.9 Å². The van der Waals surface area contributed by atoms with Gasteiger partial charge in [0.1, 0.15) is 5.69 Å². The Bertz CT molecular complexity index is 1110. The van der Waals surface area contributed by atoms with Crippen LogP contribution >= 0.6 is 0 Å². The first-order valence-corrected chi connectivity index (χ1v) is 8.80. The van der Waals surface area contributed by atoms with Crippen molar-refractivity contribution in [3.05, 3.63) is 62.7 Å². The number of rotatable bonds is 2. The second-order valence-corrected chi connectivity index (χ2v) is 7.11. The minimum atomic E-state index is -0.137. The van der Waals surface area contributed by atoms with Crippen molar-refractivity contribution >= 4 is 16.8 Å². The van der Waals surface area contributed by atoms with Crippen LogP contribution in [0.15, 0.2) is 29.1 Å². The molecule has 6 nitrogen and oxygen atoms in total. The van der Waals surface area contributed by atoms with Crippen LogP contribution in [0.5, 0.6) is 0 Å². The van der Waals surface area contributed by atoms with Crippen molar-refractivity contribution in [3.63, 3.8) is 0 Å². The number of benzene rings is 1. The predicted molar refractivity (Wildman–Crippen MR) is 101 cm³/mol. The van der Waals surface area contributed by atoms with Gasteiger partial charge in [-0.15, -0.1) is 0 Å². The van der Waals surface area contributed by atoms with E-state index in [1.165, 1.54) is 4.68 Å². The van der Waals surface area contributed by atoms with Crippen LogP contribution in [0.3, 0.4) is 0 Å². The molecular formula is C20H22N4O2. The number of aryl methyl sites for hydroxylation is 3. The monoisotopic (exact) mass is 350 g/mol. The van der Waals surface area contributed by atoms with E-state index in [1.807, 2.05) is 43.5 Å². The molecule has 3 heterocycles. The van der Waals surface area contributed by atoms with Crippen LogP contribution in [0.2, 0.25) is 0 Å². The summed E-state index contributed by atoms with van der Waals surface area (Å²) < 4.78 is 3.48. The number of amides is 1. The lowest BCUT2D eigenvalue weighted by Crippen LogP contribution is -2.37. The van der Waals surface area contributed by atoms with Crippen LogP contribution in [0, 0.1) is 20.8 Å². The van der Waals surface area contributed by atoms with E-state index in [2.05, 4.69) is 11.2 Å². The topological polar surface area (TPSA) is 60.1 Å². The highest BCUT2D eigenvalue weighted by Crippen LogP contribution is 2.28. The summed E-state index contributed by atoms with van der Waals surface area (Å²) in [7, 11) is 1.80. The molecule has 0 radical (unpaired) electrons. The van der Waals surface area contributed by atoms with Crippen LogP contribution in [0.1, 0.15) is 32.9 Å². The summed E-state index contributed by atoms with van der Waals surface area (Å²) >= 11 is 0. The smallest absolute Gasteiger partial charge is 0.276 e. The highest BCUT2D eigenvalue weighted by atomic mass is 16.2. The Morgan fingerprint density at radius 2 is 1.88 bits per heavy atom. The molecule has 134 valence electrons. The molecule has 0 saturated carbocycles. The minimum Gasteiger partial charge on any atom is -0.339 e. The standard InChI is InChI=1S/C20H22N4O2/c1-12-6-5-7-15(10-12)11-24-19(25)16-13(2)17-20(26)22(4)8-9-23(17)18(16)14(3)21-24/h5-7,10H,8-9,11H2,1-4H3. The van der Waals surface area contributed by atoms with Gasteiger partial charge < -0.3 is 9.47 Å². The number of carbonyl (C=O) groups is 1. The van der Waals surface area contributed by atoms with Gasteiger partial charge in [-0.1, -0.05) is 29.8 Å². The lowest BCUT2D eigenvalue weighted by Gasteiger charge is -2.25. The van der Waals surface area contributed by atoms with Crippen molar-refractivity contribution in [3.8, 4) is 0 Å². The molecule has 0 spiro atoms. The minimum absolute atomic E-state index is 0.0333. The lowest BCUT2D eigenvalue weighted by atomic mass is 10.1. The molecule has 1 aliphatic rings. The van der Waals surface area contributed by atoms with Crippen molar-refractivity contribution < 1.29 is 4.79 Å². The summed E-state index contributed by atoms with van der Waals surface area (Å²) in [6.45, 7) is 7.55.